The van der Waals surface area contributed by atoms with Crippen LogP contribution in [0.1, 0.15) is 28.5 Å². The molecule has 0 aliphatic heterocycles. The van der Waals surface area contributed by atoms with E-state index in [4.69, 9.17) is 44.8 Å². The van der Waals surface area contributed by atoms with Crippen LogP contribution in [0.3, 0.4) is 0 Å². The number of amides is 2. The minimum atomic E-state index is -0.816. The van der Waals surface area contributed by atoms with Crippen molar-refractivity contribution in [3.8, 4) is 17.6 Å². The molecule has 2 amide bonds. The van der Waals surface area contributed by atoms with Crippen molar-refractivity contribution in [2.75, 3.05) is 5.32 Å². The minimum absolute atomic E-state index is 0.000676. The lowest BCUT2D eigenvalue weighted by Crippen LogP contribution is -2.24. The molecule has 0 radical (unpaired) electrons. The zero-order chi connectivity index (χ0) is 23.4. The van der Waals surface area contributed by atoms with Gasteiger partial charge >= 0.3 is 0 Å². The lowest BCUT2D eigenvalue weighted by atomic mass is 10.2. The summed E-state index contributed by atoms with van der Waals surface area (Å²) in [5, 5.41) is 14.0. The Labute approximate surface area is 196 Å². The number of H-pyrrole nitrogens is 1. The summed E-state index contributed by atoms with van der Waals surface area (Å²) in [6.45, 7) is 1.03. The van der Waals surface area contributed by atoms with Gasteiger partial charge in [0.2, 0.25) is 11.9 Å². The van der Waals surface area contributed by atoms with Gasteiger partial charge in [0.1, 0.15) is 10.9 Å². The third-order valence-electron chi connectivity index (χ3n) is 3.96. The molecule has 0 aliphatic rings. The fourth-order valence-electron chi connectivity index (χ4n) is 2.60. The van der Waals surface area contributed by atoms with Crippen LogP contribution in [0.2, 0.25) is 15.2 Å². The lowest BCUT2D eigenvalue weighted by Gasteiger charge is -2.13. The minimum Gasteiger partial charge on any atom is -0.453 e. The molecule has 3 aromatic rings. The number of nitrogens with one attached hydrogen (secondary N) is 3. The number of nitriles is 1. The van der Waals surface area contributed by atoms with Gasteiger partial charge < -0.3 is 15.0 Å². The molecule has 32 heavy (non-hydrogen) atoms. The number of aromatic nitrogens is 2. The number of carbonyl (C=O) groups is 2. The number of nitrogens with zero attached hydrogens (tertiary/aromatic N) is 2. The number of ether oxygens (including phenoxy) is 1. The molecule has 8 nitrogen and oxygen atoms in total. The molecule has 164 valence electrons. The average Bonchev–Trinajstić information content (AvgIpc) is 3.09. The van der Waals surface area contributed by atoms with E-state index in [0.717, 1.165) is 0 Å². The Balaban J connectivity index is 1.78. The maximum Gasteiger partial charge on any atom is 0.273 e. The van der Waals surface area contributed by atoms with E-state index in [2.05, 4.69) is 20.6 Å². The summed E-state index contributed by atoms with van der Waals surface area (Å²) < 4.78 is 20.5. The smallest absolute Gasteiger partial charge is 0.273 e. The maximum absolute atomic E-state index is 15.0. The van der Waals surface area contributed by atoms with Gasteiger partial charge in [-0.3, -0.25) is 14.9 Å². The number of benzene rings is 2. The van der Waals surface area contributed by atoms with Crippen molar-refractivity contribution in [2.24, 2.45) is 0 Å². The number of carbonyl (C=O) groups excluding carboxylic acids is 2. The van der Waals surface area contributed by atoms with E-state index in [9.17, 15) is 9.59 Å². The molecule has 0 bridgehead atoms. The molecule has 3 N–H and O–H groups in total. The van der Waals surface area contributed by atoms with Crippen LogP contribution in [0.5, 0.6) is 11.5 Å². The van der Waals surface area contributed by atoms with Gasteiger partial charge in [-0.1, -0.05) is 40.9 Å². The standard InChI is InChI=1S/C20H13Cl3FN5O3/c1-9(30)27-20-28-16(18(23)29-20)19(31)26-8-11-2-3-14(22)17(15(11)24)32-13-5-10(7-25)4-12(21)6-13/h2-6H,8H2,1H3,(H,26,31)(H2,27,28,29,30). The first kappa shape index (κ1) is 23.3. The van der Waals surface area contributed by atoms with Gasteiger partial charge in [-0.05, 0) is 24.3 Å². The fourth-order valence-corrected chi connectivity index (χ4v) is 3.22. The van der Waals surface area contributed by atoms with Gasteiger partial charge in [0.25, 0.3) is 5.91 Å². The van der Waals surface area contributed by atoms with E-state index >= 15 is 4.39 Å². The molecular formula is C20H13Cl3FN5O3. The number of imidazole rings is 1. The van der Waals surface area contributed by atoms with E-state index in [0.29, 0.717) is 0 Å². The molecule has 1 heterocycles. The summed E-state index contributed by atoms with van der Waals surface area (Å²) in [5.74, 6) is -2.10. The van der Waals surface area contributed by atoms with Crippen LogP contribution in [0.25, 0.3) is 0 Å². The van der Waals surface area contributed by atoms with Crippen LogP contribution in [-0.2, 0) is 11.3 Å². The number of rotatable bonds is 6. The molecule has 0 unspecified atom stereocenters. The number of hydrogen-bond donors (Lipinski definition) is 3. The van der Waals surface area contributed by atoms with Crippen LogP contribution in [0.15, 0.2) is 30.3 Å². The van der Waals surface area contributed by atoms with E-state index in [1.165, 1.54) is 37.3 Å². The number of aromatic amines is 1. The SMILES string of the molecule is CC(=O)Nc1nc(C(=O)NCc2ccc(Cl)c(Oc3cc(Cl)cc(C#N)c3)c2F)c(Cl)[nH]1. The zero-order valence-corrected chi connectivity index (χ0v) is 18.5. The first-order chi connectivity index (χ1) is 15.2. The summed E-state index contributed by atoms with van der Waals surface area (Å²) >= 11 is 17.9. The maximum atomic E-state index is 15.0. The van der Waals surface area contributed by atoms with E-state index in [1.54, 1.807) is 0 Å². The summed E-state index contributed by atoms with van der Waals surface area (Å²) in [6, 6.07) is 8.89. The van der Waals surface area contributed by atoms with Gasteiger partial charge in [-0.15, -0.1) is 0 Å². The topological polar surface area (TPSA) is 120 Å². The average molecular weight is 497 g/mol. The lowest BCUT2D eigenvalue weighted by molar-refractivity contribution is -0.114. The molecule has 0 spiro atoms. The third kappa shape index (κ3) is 5.48. The van der Waals surface area contributed by atoms with E-state index in [-0.39, 0.29) is 56.0 Å². The Kier molecular flexibility index (Phi) is 7.20. The molecule has 0 saturated carbocycles. The van der Waals surface area contributed by atoms with Crippen molar-refractivity contribution in [3.63, 3.8) is 0 Å². The number of hydrogen-bond acceptors (Lipinski definition) is 5. The van der Waals surface area contributed by atoms with Gasteiger partial charge in [-0.2, -0.15) is 5.26 Å². The van der Waals surface area contributed by atoms with Crippen molar-refractivity contribution < 1.29 is 18.7 Å². The first-order valence-corrected chi connectivity index (χ1v) is 9.98. The predicted octanol–water partition coefficient (Wildman–Crippen LogP) is 5.06. The molecule has 2 aromatic carbocycles. The normalized spacial score (nSPS) is 10.4. The fraction of sp³-hybridized carbons (Fsp3) is 0.100. The molecule has 0 saturated heterocycles. The van der Waals surface area contributed by atoms with Crippen LogP contribution < -0.4 is 15.4 Å². The molecule has 1 aromatic heterocycles. The van der Waals surface area contributed by atoms with Gasteiger partial charge in [0, 0.05) is 24.1 Å². The largest absolute Gasteiger partial charge is 0.453 e. The quantitative estimate of drug-likeness (QED) is 0.440. The Morgan fingerprint density at radius 2 is 2.00 bits per heavy atom. The van der Waals surface area contributed by atoms with Crippen LogP contribution in [0, 0.1) is 17.1 Å². The van der Waals surface area contributed by atoms with Gasteiger partial charge in [-0.25, -0.2) is 9.37 Å². The highest BCUT2D eigenvalue weighted by atomic mass is 35.5. The van der Waals surface area contributed by atoms with Gasteiger partial charge in [0.15, 0.2) is 17.3 Å². The van der Waals surface area contributed by atoms with Crippen molar-refractivity contribution in [2.45, 2.75) is 13.5 Å². The van der Waals surface area contributed by atoms with Crippen molar-refractivity contribution in [1.29, 1.82) is 5.26 Å². The second-order valence-corrected chi connectivity index (χ2v) is 7.57. The third-order valence-corrected chi connectivity index (χ3v) is 4.75. The summed E-state index contributed by atoms with van der Waals surface area (Å²) in [5.41, 5.74) is 0.111. The first-order valence-electron chi connectivity index (χ1n) is 8.84. The molecule has 12 heteroatoms. The molecular weight excluding hydrogens is 484 g/mol. The Bertz CT molecular complexity index is 1260. The number of halogens is 4. The Hall–Kier alpha value is -3.32. The van der Waals surface area contributed by atoms with Crippen LogP contribution in [-0.4, -0.2) is 21.8 Å². The molecule has 3 rings (SSSR count). The highest BCUT2D eigenvalue weighted by Crippen LogP contribution is 2.35. The van der Waals surface area contributed by atoms with Crippen molar-refractivity contribution in [1.82, 2.24) is 15.3 Å². The van der Waals surface area contributed by atoms with Crippen molar-refractivity contribution >= 4 is 52.6 Å². The van der Waals surface area contributed by atoms with E-state index in [1.807, 2.05) is 6.07 Å². The molecule has 0 atom stereocenters. The van der Waals surface area contributed by atoms with Crippen LogP contribution in [0.4, 0.5) is 10.3 Å². The monoisotopic (exact) mass is 495 g/mol. The Morgan fingerprint density at radius 3 is 2.69 bits per heavy atom. The summed E-state index contributed by atoms with van der Waals surface area (Å²) in [6.07, 6.45) is 0. The zero-order valence-electron chi connectivity index (χ0n) is 16.2. The van der Waals surface area contributed by atoms with Gasteiger partial charge in [0.05, 0.1) is 16.7 Å². The second-order valence-electron chi connectivity index (χ2n) is 6.35. The number of anilines is 1. The predicted molar refractivity (Wildman–Crippen MR) is 117 cm³/mol. The molecule has 0 aliphatic carbocycles. The second kappa shape index (κ2) is 9.87. The van der Waals surface area contributed by atoms with Crippen LogP contribution >= 0.6 is 34.8 Å². The summed E-state index contributed by atoms with van der Waals surface area (Å²) in [7, 11) is 0. The van der Waals surface area contributed by atoms with E-state index < -0.39 is 17.6 Å². The molecule has 0 fully saturated rings. The Morgan fingerprint density at radius 1 is 1.25 bits per heavy atom. The summed E-state index contributed by atoms with van der Waals surface area (Å²) in [4.78, 5) is 29.9. The van der Waals surface area contributed by atoms with Crippen molar-refractivity contribution in [3.05, 3.63) is 68.2 Å². The highest BCUT2D eigenvalue weighted by Gasteiger charge is 2.19. The highest BCUT2D eigenvalue weighted by molar-refractivity contribution is 6.33.